The molecule has 0 radical (unpaired) electrons. The Hall–Kier alpha value is -2.68. The summed E-state index contributed by atoms with van der Waals surface area (Å²) in [6, 6.07) is 5.19. The topological polar surface area (TPSA) is 121 Å². The van der Waals surface area contributed by atoms with E-state index in [1.54, 1.807) is 19.1 Å². The number of hydrogen-bond donors (Lipinski definition) is 3. The van der Waals surface area contributed by atoms with Crippen LogP contribution in [0.2, 0.25) is 0 Å². The van der Waals surface area contributed by atoms with Gasteiger partial charge in [-0.3, -0.25) is 14.9 Å². The van der Waals surface area contributed by atoms with Crippen molar-refractivity contribution in [1.29, 1.82) is 0 Å². The highest BCUT2D eigenvalue weighted by Crippen LogP contribution is 2.17. The van der Waals surface area contributed by atoms with Crippen LogP contribution >= 0.6 is 0 Å². The van der Waals surface area contributed by atoms with E-state index in [0.29, 0.717) is 28.0 Å². The van der Waals surface area contributed by atoms with Crippen molar-refractivity contribution in [3.63, 3.8) is 0 Å². The van der Waals surface area contributed by atoms with Gasteiger partial charge in [-0.25, -0.2) is 8.42 Å². The number of benzene rings is 1. The van der Waals surface area contributed by atoms with Gasteiger partial charge in [-0.15, -0.1) is 0 Å². The van der Waals surface area contributed by atoms with E-state index in [9.17, 15) is 13.2 Å². The molecule has 9 heteroatoms. The highest BCUT2D eigenvalue weighted by Gasteiger charge is 2.12. The van der Waals surface area contributed by atoms with Gasteiger partial charge in [0.2, 0.25) is 5.95 Å². The Morgan fingerprint density at radius 1 is 1.30 bits per heavy atom. The molecule has 0 spiro atoms. The number of anilines is 1. The van der Waals surface area contributed by atoms with Crippen molar-refractivity contribution >= 4 is 26.8 Å². The van der Waals surface area contributed by atoms with Crippen LogP contribution in [0, 0.1) is 6.92 Å². The third-order valence-electron chi connectivity index (χ3n) is 3.43. The van der Waals surface area contributed by atoms with E-state index >= 15 is 0 Å². The second-order valence-corrected chi connectivity index (χ2v) is 7.26. The summed E-state index contributed by atoms with van der Waals surface area (Å²) in [4.78, 5) is 18.9. The molecular formula is C14H15N5O3S. The van der Waals surface area contributed by atoms with Gasteiger partial charge < -0.3 is 5.32 Å². The minimum Gasteiger partial charge on any atom is -0.352 e. The molecule has 23 heavy (non-hydrogen) atoms. The number of aromatic amines is 2. The Morgan fingerprint density at radius 2 is 2.09 bits per heavy atom. The number of hydrogen-bond acceptors (Lipinski definition) is 6. The van der Waals surface area contributed by atoms with Crippen LogP contribution in [0.15, 0.2) is 34.1 Å². The molecule has 0 aliphatic heterocycles. The maximum atomic E-state index is 11.8. The fourth-order valence-electron chi connectivity index (χ4n) is 2.27. The van der Waals surface area contributed by atoms with E-state index in [1.807, 2.05) is 6.07 Å². The zero-order valence-corrected chi connectivity index (χ0v) is 13.4. The molecule has 0 amide bonds. The fraction of sp³-hybridized carbons (Fsp3) is 0.214. The van der Waals surface area contributed by atoms with Gasteiger partial charge in [-0.2, -0.15) is 10.1 Å². The van der Waals surface area contributed by atoms with Gasteiger partial charge in [0.05, 0.1) is 11.1 Å². The van der Waals surface area contributed by atoms with Crippen LogP contribution in [0.3, 0.4) is 0 Å². The minimum atomic E-state index is -3.28. The van der Waals surface area contributed by atoms with Crippen molar-refractivity contribution in [1.82, 2.24) is 20.2 Å². The van der Waals surface area contributed by atoms with Crippen molar-refractivity contribution in [3.8, 4) is 0 Å². The van der Waals surface area contributed by atoms with Crippen LogP contribution in [0.1, 0.15) is 11.1 Å². The SMILES string of the molecule is Cc1ccc(CNc2nc3[nH]ncc3c(=O)[nH]2)cc1S(C)(=O)=O. The molecule has 1 aromatic carbocycles. The quantitative estimate of drug-likeness (QED) is 0.654. The molecule has 0 saturated heterocycles. The average Bonchev–Trinajstić information content (AvgIpc) is 2.94. The van der Waals surface area contributed by atoms with E-state index in [1.165, 1.54) is 12.5 Å². The summed E-state index contributed by atoms with van der Waals surface area (Å²) in [6.07, 6.45) is 2.58. The van der Waals surface area contributed by atoms with Crippen LogP contribution in [-0.2, 0) is 16.4 Å². The highest BCUT2D eigenvalue weighted by atomic mass is 32.2. The van der Waals surface area contributed by atoms with Crippen molar-refractivity contribution < 1.29 is 8.42 Å². The highest BCUT2D eigenvalue weighted by molar-refractivity contribution is 7.90. The lowest BCUT2D eigenvalue weighted by atomic mass is 10.1. The molecular weight excluding hydrogens is 318 g/mol. The number of H-pyrrole nitrogens is 2. The minimum absolute atomic E-state index is 0.285. The maximum Gasteiger partial charge on any atom is 0.263 e. The maximum absolute atomic E-state index is 11.8. The molecule has 2 aromatic heterocycles. The molecule has 8 nitrogen and oxygen atoms in total. The molecule has 0 aliphatic carbocycles. The lowest BCUT2D eigenvalue weighted by Gasteiger charge is -2.09. The summed E-state index contributed by atoms with van der Waals surface area (Å²) in [5.74, 6) is 0.285. The summed E-state index contributed by atoms with van der Waals surface area (Å²) < 4.78 is 23.5. The third-order valence-corrected chi connectivity index (χ3v) is 4.67. The molecule has 3 N–H and O–H groups in total. The van der Waals surface area contributed by atoms with Crippen LogP contribution in [-0.4, -0.2) is 34.8 Å². The first kappa shape index (κ1) is 15.2. The Labute approximate surface area is 131 Å². The number of aryl methyl sites for hydroxylation is 1. The zero-order valence-electron chi connectivity index (χ0n) is 12.5. The van der Waals surface area contributed by atoms with E-state index < -0.39 is 9.84 Å². The molecule has 0 aliphatic rings. The number of aromatic nitrogens is 4. The molecule has 0 fully saturated rings. The first-order valence-electron chi connectivity index (χ1n) is 6.81. The van der Waals surface area contributed by atoms with Gasteiger partial charge in [-0.05, 0) is 24.1 Å². The number of sulfone groups is 1. The largest absolute Gasteiger partial charge is 0.352 e. The predicted octanol–water partition coefficient (Wildman–Crippen LogP) is 0.970. The summed E-state index contributed by atoms with van der Waals surface area (Å²) in [7, 11) is -3.28. The van der Waals surface area contributed by atoms with Crippen molar-refractivity contribution in [2.24, 2.45) is 0 Å². The second-order valence-electron chi connectivity index (χ2n) is 5.27. The van der Waals surface area contributed by atoms with E-state index in [0.717, 1.165) is 5.56 Å². The molecule has 0 bridgehead atoms. The Bertz CT molecular complexity index is 1040. The van der Waals surface area contributed by atoms with Crippen molar-refractivity contribution in [2.45, 2.75) is 18.4 Å². The van der Waals surface area contributed by atoms with Gasteiger partial charge >= 0.3 is 0 Å². The summed E-state index contributed by atoms with van der Waals surface area (Å²) in [6.45, 7) is 2.07. The average molecular weight is 333 g/mol. The van der Waals surface area contributed by atoms with Crippen LogP contribution < -0.4 is 10.9 Å². The summed E-state index contributed by atoms with van der Waals surface area (Å²) >= 11 is 0. The van der Waals surface area contributed by atoms with Crippen LogP contribution in [0.4, 0.5) is 5.95 Å². The first-order valence-corrected chi connectivity index (χ1v) is 8.70. The molecule has 2 heterocycles. The number of fused-ring (bicyclic) bond motifs is 1. The molecule has 0 unspecified atom stereocenters. The lowest BCUT2D eigenvalue weighted by Crippen LogP contribution is -2.13. The Kier molecular flexibility index (Phi) is 3.64. The zero-order chi connectivity index (χ0) is 16.6. The van der Waals surface area contributed by atoms with Gasteiger partial charge in [0, 0.05) is 12.8 Å². The molecule has 3 aromatic rings. The third kappa shape index (κ3) is 3.09. The van der Waals surface area contributed by atoms with E-state index in [-0.39, 0.29) is 11.5 Å². The van der Waals surface area contributed by atoms with E-state index in [2.05, 4.69) is 25.5 Å². The molecule has 120 valence electrons. The normalized spacial score (nSPS) is 11.7. The predicted molar refractivity (Wildman–Crippen MR) is 86.1 cm³/mol. The second kappa shape index (κ2) is 5.51. The first-order chi connectivity index (χ1) is 10.8. The van der Waals surface area contributed by atoms with Gasteiger partial charge in [0.15, 0.2) is 15.5 Å². The number of nitrogens with zero attached hydrogens (tertiary/aromatic N) is 2. The summed E-state index contributed by atoms with van der Waals surface area (Å²) in [5.41, 5.74) is 1.55. The summed E-state index contributed by atoms with van der Waals surface area (Å²) in [5, 5.41) is 9.76. The number of rotatable bonds is 4. The lowest BCUT2D eigenvalue weighted by molar-refractivity contribution is 0.601. The van der Waals surface area contributed by atoms with Crippen LogP contribution in [0.5, 0.6) is 0 Å². The molecule has 0 saturated carbocycles. The van der Waals surface area contributed by atoms with E-state index in [4.69, 9.17) is 0 Å². The van der Waals surface area contributed by atoms with Gasteiger partial charge in [0.1, 0.15) is 5.39 Å². The van der Waals surface area contributed by atoms with Crippen molar-refractivity contribution in [2.75, 3.05) is 11.6 Å². The smallest absolute Gasteiger partial charge is 0.263 e. The standard InChI is InChI=1S/C14H15N5O3S/c1-8-3-4-9(5-11(8)23(2,21)22)6-15-14-17-12-10(7-16-19-12)13(20)18-14/h3-5,7H,6H2,1-2H3,(H3,15,16,17,18,19,20). The molecule has 3 rings (SSSR count). The van der Waals surface area contributed by atoms with Gasteiger partial charge in [-0.1, -0.05) is 12.1 Å². The van der Waals surface area contributed by atoms with Crippen LogP contribution in [0.25, 0.3) is 11.0 Å². The van der Waals surface area contributed by atoms with Gasteiger partial charge in [0.25, 0.3) is 5.56 Å². The fourth-order valence-corrected chi connectivity index (χ4v) is 3.29. The molecule has 0 atom stereocenters. The monoisotopic (exact) mass is 333 g/mol. The Morgan fingerprint density at radius 3 is 2.83 bits per heavy atom. The van der Waals surface area contributed by atoms with Crippen molar-refractivity contribution in [3.05, 3.63) is 45.9 Å². The Balaban J connectivity index is 1.86. The number of nitrogens with one attached hydrogen (secondary N) is 3.